The Balaban J connectivity index is 2.40. The Morgan fingerprint density at radius 1 is 1.65 bits per heavy atom. The molecule has 6 nitrogen and oxygen atoms in total. The third-order valence-electron chi connectivity index (χ3n) is 2.16. The normalized spacial score (nSPS) is 14.6. The molecule has 0 saturated heterocycles. The molecule has 1 aliphatic heterocycles. The molecule has 0 fully saturated rings. The molecule has 0 bridgehead atoms. The minimum Gasteiger partial charge on any atom is -0.480 e. The Kier molecular flexibility index (Phi) is 3.07. The first-order valence-electron chi connectivity index (χ1n) is 4.62. The van der Waals surface area contributed by atoms with Gasteiger partial charge in [0.2, 0.25) is 5.91 Å². The summed E-state index contributed by atoms with van der Waals surface area (Å²) in [5, 5.41) is 16.1. The fourth-order valence-corrected chi connectivity index (χ4v) is 3.60. The lowest BCUT2D eigenvalue weighted by atomic mass is 10.3. The van der Waals surface area contributed by atoms with Gasteiger partial charge in [0, 0.05) is 0 Å². The lowest BCUT2D eigenvalue weighted by molar-refractivity contribution is -0.136. The number of anilines is 1. The molecule has 0 unspecified atom stereocenters. The lowest BCUT2D eigenvalue weighted by Gasteiger charge is -2.24. The number of hydrogen-bond acceptors (Lipinski definition) is 5. The van der Waals surface area contributed by atoms with Crippen LogP contribution in [0.5, 0.6) is 0 Å². The molecule has 1 aromatic rings. The number of carbonyl (C=O) groups is 2. The van der Waals surface area contributed by atoms with Gasteiger partial charge in [-0.2, -0.15) is 0 Å². The minimum absolute atomic E-state index is 0.0762. The van der Waals surface area contributed by atoms with Gasteiger partial charge in [-0.1, -0.05) is 0 Å². The Bertz CT molecular complexity index is 512. The quantitative estimate of drug-likeness (QED) is 0.550. The molecule has 90 valence electrons. The molecule has 1 aliphatic rings. The van der Waals surface area contributed by atoms with E-state index in [1.165, 1.54) is 28.0 Å². The SMILES string of the molecule is N=C(N)c1cc2c(s1)SCC(=O)N2CC(=O)O. The summed E-state index contributed by atoms with van der Waals surface area (Å²) in [5.74, 6) is -1.16. The largest absolute Gasteiger partial charge is 0.480 e. The van der Waals surface area contributed by atoms with Gasteiger partial charge in [-0.25, -0.2) is 0 Å². The molecule has 0 atom stereocenters. The maximum Gasteiger partial charge on any atom is 0.323 e. The molecule has 4 N–H and O–H groups in total. The second-order valence-corrected chi connectivity index (χ2v) is 5.66. The monoisotopic (exact) mass is 271 g/mol. The van der Waals surface area contributed by atoms with Crippen molar-refractivity contribution in [1.82, 2.24) is 0 Å². The Labute approximate surface area is 105 Å². The van der Waals surface area contributed by atoms with Crippen molar-refractivity contribution in [2.24, 2.45) is 5.73 Å². The first-order valence-corrected chi connectivity index (χ1v) is 6.42. The topological polar surface area (TPSA) is 107 Å². The predicted octanol–water partition coefficient (Wildman–Crippen LogP) is 0.555. The van der Waals surface area contributed by atoms with Crippen LogP contribution in [0.1, 0.15) is 4.88 Å². The molecule has 2 heterocycles. The van der Waals surface area contributed by atoms with Crippen LogP contribution < -0.4 is 10.6 Å². The van der Waals surface area contributed by atoms with Crippen LogP contribution in [0.15, 0.2) is 10.3 Å². The number of amides is 1. The van der Waals surface area contributed by atoms with E-state index >= 15 is 0 Å². The molecule has 1 aromatic heterocycles. The molecule has 0 spiro atoms. The van der Waals surface area contributed by atoms with Crippen molar-refractivity contribution in [3.63, 3.8) is 0 Å². The average molecular weight is 271 g/mol. The summed E-state index contributed by atoms with van der Waals surface area (Å²) in [4.78, 5) is 24.1. The molecular formula is C9H9N3O3S2. The molecule has 17 heavy (non-hydrogen) atoms. The molecule has 0 radical (unpaired) electrons. The third-order valence-corrected chi connectivity index (χ3v) is 4.58. The third kappa shape index (κ3) is 2.27. The second kappa shape index (κ2) is 4.38. The highest BCUT2D eigenvalue weighted by Gasteiger charge is 2.29. The number of nitrogens with one attached hydrogen (secondary N) is 1. The van der Waals surface area contributed by atoms with E-state index in [1.54, 1.807) is 6.07 Å². The first kappa shape index (κ1) is 11.9. The van der Waals surface area contributed by atoms with E-state index in [9.17, 15) is 9.59 Å². The van der Waals surface area contributed by atoms with Gasteiger partial charge in [0.25, 0.3) is 0 Å². The number of hydrogen-bond donors (Lipinski definition) is 3. The highest BCUT2D eigenvalue weighted by molar-refractivity contribution is 8.02. The zero-order chi connectivity index (χ0) is 12.6. The number of carboxylic acid groups (broad SMARTS) is 1. The Hall–Kier alpha value is -1.54. The van der Waals surface area contributed by atoms with Gasteiger partial charge in [0.1, 0.15) is 12.4 Å². The highest BCUT2D eigenvalue weighted by atomic mass is 32.2. The van der Waals surface area contributed by atoms with Gasteiger partial charge >= 0.3 is 5.97 Å². The number of nitrogens with zero attached hydrogens (tertiary/aromatic N) is 1. The number of nitrogen functional groups attached to an aromatic ring is 1. The van der Waals surface area contributed by atoms with Gasteiger partial charge < -0.3 is 10.8 Å². The van der Waals surface area contributed by atoms with Gasteiger partial charge in [-0.05, 0) is 6.07 Å². The summed E-state index contributed by atoms with van der Waals surface area (Å²) in [5.41, 5.74) is 5.92. The van der Waals surface area contributed by atoms with E-state index in [4.69, 9.17) is 16.2 Å². The van der Waals surface area contributed by atoms with E-state index in [2.05, 4.69) is 0 Å². The number of aliphatic carboxylic acids is 1. The molecule has 2 rings (SSSR count). The van der Waals surface area contributed by atoms with Crippen molar-refractivity contribution in [2.45, 2.75) is 4.21 Å². The lowest BCUT2D eigenvalue weighted by Crippen LogP contribution is -2.38. The molecule has 0 saturated carbocycles. The number of carbonyl (C=O) groups excluding carboxylic acids is 1. The van der Waals surface area contributed by atoms with Crippen LogP contribution in [0.2, 0.25) is 0 Å². The summed E-state index contributed by atoms with van der Waals surface area (Å²) >= 11 is 2.65. The van der Waals surface area contributed by atoms with Crippen molar-refractivity contribution in [1.29, 1.82) is 5.41 Å². The van der Waals surface area contributed by atoms with Crippen molar-refractivity contribution >= 4 is 46.5 Å². The van der Waals surface area contributed by atoms with E-state index in [1.807, 2.05) is 0 Å². The van der Waals surface area contributed by atoms with Crippen LogP contribution in [0.4, 0.5) is 5.69 Å². The fourth-order valence-electron chi connectivity index (χ4n) is 1.44. The zero-order valence-electron chi connectivity index (χ0n) is 8.60. The predicted molar refractivity (Wildman–Crippen MR) is 66.0 cm³/mol. The fraction of sp³-hybridized carbons (Fsp3) is 0.222. The summed E-state index contributed by atoms with van der Waals surface area (Å²) in [6, 6.07) is 1.59. The van der Waals surface area contributed by atoms with Crippen LogP contribution in [0, 0.1) is 5.41 Å². The van der Waals surface area contributed by atoms with E-state index in [-0.39, 0.29) is 24.0 Å². The molecule has 1 amide bonds. The Morgan fingerprint density at radius 3 is 2.94 bits per heavy atom. The maximum atomic E-state index is 11.6. The van der Waals surface area contributed by atoms with E-state index in [0.717, 1.165) is 4.21 Å². The summed E-state index contributed by atoms with van der Waals surface area (Å²) < 4.78 is 0.830. The van der Waals surface area contributed by atoms with Crippen LogP contribution in [-0.2, 0) is 9.59 Å². The van der Waals surface area contributed by atoms with Crippen molar-refractivity contribution in [2.75, 3.05) is 17.2 Å². The highest BCUT2D eigenvalue weighted by Crippen LogP contribution is 2.41. The zero-order valence-corrected chi connectivity index (χ0v) is 10.2. The van der Waals surface area contributed by atoms with E-state index < -0.39 is 5.97 Å². The van der Waals surface area contributed by atoms with Gasteiger partial charge in [0.15, 0.2) is 0 Å². The van der Waals surface area contributed by atoms with Crippen LogP contribution in [-0.4, -0.2) is 35.1 Å². The summed E-state index contributed by atoms with van der Waals surface area (Å²) in [7, 11) is 0. The van der Waals surface area contributed by atoms with Crippen molar-refractivity contribution < 1.29 is 14.7 Å². The Morgan fingerprint density at radius 2 is 2.35 bits per heavy atom. The number of nitrogens with two attached hydrogens (primary N) is 1. The number of amidine groups is 1. The summed E-state index contributed by atoms with van der Waals surface area (Å²) in [6.45, 7) is -0.361. The maximum absolute atomic E-state index is 11.6. The van der Waals surface area contributed by atoms with E-state index in [0.29, 0.717) is 10.6 Å². The average Bonchev–Trinajstić information content (AvgIpc) is 2.66. The number of fused-ring (bicyclic) bond motifs is 1. The van der Waals surface area contributed by atoms with Crippen LogP contribution >= 0.6 is 23.1 Å². The second-order valence-electron chi connectivity index (χ2n) is 3.36. The smallest absolute Gasteiger partial charge is 0.323 e. The minimum atomic E-state index is -1.06. The summed E-state index contributed by atoms with van der Waals surface area (Å²) in [6.07, 6.45) is 0. The number of carboxylic acids is 1. The van der Waals surface area contributed by atoms with Gasteiger partial charge in [-0.3, -0.25) is 19.9 Å². The molecule has 0 aliphatic carbocycles. The first-order chi connectivity index (χ1) is 7.99. The van der Waals surface area contributed by atoms with Crippen LogP contribution in [0.25, 0.3) is 0 Å². The molecular weight excluding hydrogens is 262 g/mol. The number of thiophene rings is 1. The molecule has 8 heteroatoms. The number of rotatable bonds is 3. The van der Waals surface area contributed by atoms with Gasteiger partial charge in [0.05, 0.1) is 20.5 Å². The van der Waals surface area contributed by atoms with Gasteiger partial charge in [-0.15, -0.1) is 23.1 Å². The number of thioether (sulfide) groups is 1. The van der Waals surface area contributed by atoms with Crippen molar-refractivity contribution in [3.8, 4) is 0 Å². The van der Waals surface area contributed by atoms with Crippen LogP contribution in [0.3, 0.4) is 0 Å². The molecule has 0 aromatic carbocycles. The van der Waals surface area contributed by atoms with Crippen molar-refractivity contribution in [3.05, 3.63) is 10.9 Å². The standard InChI is InChI=1S/C9H9N3O3S2/c10-8(11)5-1-4-9(17-5)16-3-6(13)12(4)2-7(14)15/h1H,2-3H2,(H3,10,11)(H,14,15).